The van der Waals surface area contributed by atoms with Gasteiger partial charge < -0.3 is 4.90 Å². The number of halogens is 1. The topological polar surface area (TPSA) is 46.3 Å². The smallest absolute Gasteiger partial charge is 0.257 e. The zero-order valence-corrected chi connectivity index (χ0v) is 14.7. The van der Waals surface area contributed by atoms with Crippen LogP contribution in [0, 0.1) is 23.6 Å². The van der Waals surface area contributed by atoms with Crippen LogP contribution in [0.3, 0.4) is 0 Å². The van der Waals surface area contributed by atoms with Crippen molar-refractivity contribution in [3.8, 4) is 11.8 Å². The fraction of sp³-hybridized carbons (Fsp3) is 0.190. The van der Waals surface area contributed by atoms with Crippen LogP contribution in [0.15, 0.2) is 48.8 Å². The molecule has 0 amide bonds. The maximum atomic E-state index is 13.9. The molecule has 0 N–H and O–H groups in total. The van der Waals surface area contributed by atoms with Gasteiger partial charge >= 0.3 is 0 Å². The van der Waals surface area contributed by atoms with Crippen LogP contribution in [0.1, 0.15) is 18.4 Å². The van der Waals surface area contributed by atoms with Gasteiger partial charge in [0.05, 0.1) is 5.52 Å². The molecule has 1 fully saturated rings. The normalized spacial score (nSPS) is 13.6. The second-order valence-corrected chi connectivity index (χ2v) is 6.75. The lowest BCUT2D eigenvalue weighted by Gasteiger charge is -2.20. The molecule has 0 aliphatic heterocycles. The SMILES string of the molecule is CN(c1cccc(C#CC2CC2)c1)c1nc2nncn2c2ccc(F)cc12. The molecule has 0 unspecified atom stereocenters. The third-order valence-electron chi connectivity index (χ3n) is 4.74. The van der Waals surface area contributed by atoms with Crippen molar-refractivity contribution in [2.24, 2.45) is 5.92 Å². The quantitative estimate of drug-likeness (QED) is 0.510. The second kappa shape index (κ2) is 6.06. The van der Waals surface area contributed by atoms with E-state index in [-0.39, 0.29) is 5.82 Å². The average Bonchev–Trinajstić information content (AvgIpc) is 3.40. The molecule has 6 heteroatoms. The number of hydrogen-bond acceptors (Lipinski definition) is 4. The van der Waals surface area contributed by atoms with E-state index >= 15 is 0 Å². The van der Waals surface area contributed by atoms with Crippen molar-refractivity contribution in [3.63, 3.8) is 0 Å². The van der Waals surface area contributed by atoms with Crippen molar-refractivity contribution in [1.82, 2.24) is 19.6 Å². The van der Waals surface area contributed by atoms with Gasteiger partial charge in [-0.3, -0.25) is 4.40 Å². The number of nitrogens with zero attached hydrogens (tertiary/aromatic N) is 5. The van der Waals surface area contributed by atoms with Gasteiger partial charge in [-0.1, -0.05) is 17.9 Å². The fourth-order valence-electron chi connectivity index (χ4n) is 3.11. The highest BCUT2D eigenvalue weighted by Crippen LogP contribution is 2.31. The van der Waals surface area contributed by atoms with Crippen molar-refractivity contribution in [2.75, 3.05) is 11.9 Å². The number of hydrogen-bond donors (Lipinski definition) is 0. The van der Waals surface area contributed by atoms with E-state index in [1.807, 2.05) is 36.2 Å². The van der Waals surface area contributed by atoms with E-state index in [1.54, 1.807) is 16.8 Å². The first-order valence-corrected chi connectivity index (χ1v) is 8.83. The Bertz CT molecular complexity index is 1230. The van der Waals surface area contributed by atoms with E-state index in [2.05, 4.69) is 27.0 Å². The van der Waals surface area contributed by atoms with Crippen molar-refractivity contribution < 1.29 is 4.39 Å². The summed E-state index contributed by atoms with van der Waals surface area (Å²) in [6.45, 7) is 0. The second-order valence-electron chi connectivity index (χ2n) is 6.75. The molecular formula is C21H16FN5. The maximum absolute atomic E-state index is 13.9. The lowest BCUT2D eigenvalue weighted by atomic mass is 10.1. The van der Waals surface area contributed by atoms with Crippen LogP contribution in [0.25, 0.3) is 16.7 Å². The molecule has 5 rings (SSSR count). The molecule has 0 atom stereocenters. The molecule has 0 radical (unpaired) electrons. The summed E-state index contributed by atoms with van der Waals surface area (Å²) in [7, 11) is 1.91. The van der Waals surface area contributed by atoms with Crippen molar-refractivity contribution in [1.29, 1.82) is 0 Å². The van der Waals surface area contributed by atoms with Crippen LogP contribution >= 0.6 is 0 Å². The Kier molecular flexibility index (Phi) is 3.54. The summed E-state index contributed by atoms with van der Waals surface area (Å²) in [5.41, 5.74) is 2.70. The Morgan fingerprint density at radius 1 is 1.19 bits per heavy atom. The first kappa shape index (κ1) is 15.8. The minimum atomic E-state index is -0.310. The Balaban J connectivity index is 1.64. The van der Waals surface area contributed by atoms with Crippen LogP contribution < -0.4 is 4.90 Å². The third kappa shape index (κ3) is 2.87. The molecule has 2 aromatic heterocycles. The third-order valence-corrected chi connectivity index (χ3v) is 4.74. The van der Waals surface area contributed by atoms with Gasteiger partial charge in [0, 0.05) is 29.6 Å². The Hall–Kier alpha value is -3.46. The van der Waals surface area contributed by atoms with Gasteiger partial charge in [-0.2, -0.15) is 4.98 Å². The highest BCUT2D eigenvalue weighted by molar-refractivity contribution is 5.93. The predicted octanol–water partition coefficient (Wildman–Crippen LogP) is 3.95. The van der Waals surface area contributed by atoms with Gasteiger partial charge in [0.25, 0.3) is 5.78 Å². The van der Waals surface area contributed by atoms with Crippen LogP contribution in [-0.2, 0) is 0 Å². The molecule has 132 valence electrons. The molecule has 0 spiro atoms. The maximum Gasteiger partial charge on any atom is 0.257 e. The number of rotatable bonds is 2. The summed E-state index contributed by atoms with van der Waals surface area (Å²) >= 11 is 0. The van der Waals surface area contributed by atoms with E-state index in [0.29, 0.717) is 22.9 Å². The van der Waals surface area contributed by atoms with Gasteiger partial charge in [-0.25, -0.2) is 4.39 Å². The largest absolute Gasteiger partial charge is 0.329 e. The van der Waals surface area contributed by atoms with Crippen LogP contribution in [0.4, 0.5) is 15.9 Å². The lowest BCUT2D eigenvalue weighted by molar-refractivity contribution is 0.629. The molecule has 0 saturated heterocycles. The number of anilines is 2. The zero-order valence-electron chi connectivity index (χ0n) is 14.7. The summed E-state index contributed by atoms with van der Waals surface area (Å²) < 4.78 is 15.7. The molecule has 1 aliphatic carbocycles. The van der Waals surface area contributed by atoms with Gasteiger partial charge in [0.15, 0.2) is 0 Å². The van der Waals surface area contributed by atoms with E-state index in [1.165, 1.54) is 25.0 Å². The predicted molar refractivity (Wildman–Crippen MR) is 102 cm³/mol. The number of benzene rings is 2. The monoisotopic (exact) mass is 357 g/mol. The minimum Gasteiger partial charge on any atom is -0.329 e. The van der Waals surface area contributed by atoms with Crippen LogP contribution in [-0.4, -0.2) is 26.6 Å². The first-order valence-electron chi connectivity index (χ1n) is 8.83. The van der Waals surface area contributed by atoms with E-state index in [0.717, 1.165) is 16.8 Å². The Morgan fingerprint density at radius 3 is 2.93 bits per heavy atom. The number of fused-ring (bicyclic) bond motifs is 3. The first-order chi connectivity index (χ1) is 13.2. The average molecular weight is 357 g/mol. The standard InChI is InChI=1S/C21H16FN5/c1-26(17-4-2-3-15(11-17)8-7-14-5-6-14)20-18-12-16(22)9-10-19(18)27-13-23-25-21(27)24-20/h2-4,9-14H,5-6H2,1H3. The molecule has 1 aliphatic rings. The molecule has 4 aromatic rings. The highest BCUT2D eigenvalue weighted by atomic mass is 19.1. The summed E-state index contributed by atoms with van der Waals surface area (Å²) in [5, 5.41) is 8.68. The van der Waals surface area contributed by atoms with Crippen molar-refractivity contribution >= 4 is 28.2 Å². The molecule has 0 bridgehead atoms. The Morgan fingerprint density at radius 2 is 2.07 bits per heavy atom. The van der Waals surface area contributed by atoms with Crippen molar-refractivity contribution in [2.45, 2.75) is 12.8 Å². The molecule has 1 saturated carbocycles. The molecular weight excluding hydrogens is 341 g/mol. The van der Waals surface area contributed by atoms with E-state index in [9.17, 15) is 4.39 Å². The summed E-state index contributed by atoms with van der Waals surface area (Å²) in [5.74, 6) is 7.86. The number of aromatic nitrogens is 4. The molecule has 27 heavy (non-hydrogen) atoms. The van der Waals surface area contributed by atoms with Crippen LogP contribution in [0.2, 0.25) is 0 Å². The molecule has 5 nitrogen and oxygen atoms in total. The van der Waals surface area contributed by atoms with E-state index in [4.69, 9.17) is 0 Å². The molecule has 2 aromatic carbocycles. The van der Waals surface area contributed by atoms with Gasteiger partial charge in [-0.15, -0.1) is 10.2 Å². The van der Waals surface area contributed by atoms with Crippen molar-refractivity contribution in [3.05, 3.63) is 60.2 Å². The summed E-state index contributed by atoms with van der Waals surface area (Å²) in [6.07, 6.45) is 3.99. The van der Waals surface area contributed by atoms with Gasteiger partial charge in [0.1, 0.15) is 18.0 Å². The minimum absolute atomic E-state index is 0.310. The van der Waals surface area contributed by atoms with Gasteiger partial charge in [0.2, 0.25) is 0 Å². The Labute approximate surface area is 155 Å². The fourth-order valence-corrected chi connectivity index (χ4v) is 3.11. The molecule has 2 heterocycles. The van der Waals surface area contributed by atoms with Gasteiger partial charge in [-0.05, 0) is 49.2 Å². The zero-order chi connectivity index (χ0) is 18.4. The highest BCUT2D eigenvalue weighted by Gasteiger charge is 2.18. The van der Waals surface area contributed by atoms with E-state index < -0.39 is 0 Å². The summed E-state index contributed by atoms with van der Waals surface area (Å²) in [4.78, 5) is 6.54. The van der Waals surface area contributed by atoms with Crippen LogP contribution in [0.5, 0.6) is 0 Å². The lowest BCUT2D eigenvalue weighted by Crippen LogP contribution is -2.13. The summed E-state index contributed by atoms with van der Waals surface area (Å²) in [6, 6.07) is 12.6.